The Hall–Kier alpha value is 0.0400. The SMILES string of the molecule is Cc1ccc(Cl)c(I)c1O. The fourth-order valence-corrected chi connectivity index (χ4v) is 1.39. The second-order valence-corrected chi connectivity index (χ2v) is 3.51. The Morgan fingerprint density at radius 3 is 2.60 bits per heavy atom. The molecule has 54 valence electrons. The molecule has 1 aromatic carbocycles. The number of hydrogen-bond donors (Lipinski definition) is 1. The van der Waals surface area contributed by atoms with Gasteiger partial charge in [0.05, 0.1) is 8.59 Å². The summed E-state index contributed by atoms with van der Waals surface area (Å²) in [6.07, 6.45) is 0. The van der Waals surface area contributed by atoms with E-state index < -0.39 is 0 Å². The summed E-state index contributed by atoms with van der Waals surface area (Å²) >= 11 is 7.73. The van der Waals surface area contributed by atoms with E-state index in [1.807, 2.05) is 29.5 Å². The smallest absolute Gasteiger partial charge is 0.133 e. The normalized spacial score (nSPS) is 9.90. The van der Waals surface area contributed by atoms with Crippen molar-refractivity contribution in [3.05, 3.63) is 26.3 Å². The number of halogens is 2. The van der Waals surface area contributed by atoms with Crippen molar-refractivity contribution in [2.24, 2.45) is 0 Å². The molecule has 0 atom stereocenters. The monoisotopic (exact) mass is 268 g/mol. The van der Waals surface area contributed by atoms with E-state index in [-0.39, 0.29) is 5.75 Å². The molecule has 1 rings (SSSR count). The van der Waals surface area contributed by atoms with Gasteiger partial charge in [0, 0.05) is 0 Å². The minimum atomic E-state index is 0.285. The number of aryl methyl sites for hydroxylation is 1. The maximum absolute atomic E-state index is 9.30. The van der Waals surface area contributed by atoms with Gasteiger partial charge >= 0.3 is 0 Å². The van der Waals surface area contributed by atoms with Crippen LogP contribution in [0.1, 0.15) is 5.56 Å². The summed E-state index contributed by atoms with van der Waals surface area (Å²) in [5, 5.41) is 9.90. The molecule has 1 N–H and O–H groups in total. The Kier molecular flexibility index (Phi) is 2.41. The number of hydrogen-bond acceptors (Lipinski definition) is 1. The minimum absolute atomic E-state index is 0.285. The molecule has 0 aliphatic heterocycles. The molecule has 0 aliphatic carbocycles. The van der Waals surface area contributed by atoms with E-state index in [1.54, 1.807) is 12.1 Å². The molecule has 0 aliphatic rings. The van der Waals surface area contributed by atoms with Crippen molar-refractivity contribution < 1.29 is 5.11 Å². The Morgan fingerprint density at radius 2 is 2.10 bits per heavy atom. The Morgan fingerprint density at radius 1 is 1.50 bits per heavy atom. The van der Waals surface area contributed by atoms with E-state index in [4.69, 9.17) is 11.6 Å². The Labute approximate surface area is 78.2 Å². The highest BCUT2D eigenvalue weighted by Crippen LogP contribution is 2.29. The van der Waals surface area contributed by atoms with Gasteiger partial charge in [-0.05, 0) is 41.1 Å². The molecule has 3 heteroatoms. The van der Waals surface area contributed by atoms with E-state index in [1.165, 1.54) is 0 Å². The van der Waals surface area contributed by atoms with Crippen LogP contribution in [0.15, 0.2) is 12.1 Å². The first kappa shape index (κ1) is 8.14. The van der Waals surface area contributed by atoms with Crippen molar-refractivity contribution in [2.75, 3.05) is 0 Å². The Bertz CT molecular complexity index is 233. The predicted octanol–water partition coefficient (Wildman–Crippen LogP) is 2.96. The first-order chi connectivity index (χ1) is 4.63. The standard InChI is InChI=1S/C7H6ClIO/c1-4-2-3-5(8)6(9)7(4)10/h2-3,10H,1H3. The van der Waals surface area contributed by atoms with Crippen LogP contribution >= 0.6 is 34.2 Å². The zero-order valence-electron chi connectivity index (χ0n) is 5.36. The zero-order chi connectivity index (χ0) is 7.72. The number of benzene rings is 1. The summed E-state index contributed by atoms with van der Waals surface area (Å²) in [7, 11) is 0. The highest BCUT2D eigenvalue weighted by Gasteiger charge is 2.03. The van der Waals surface area contributed by atoms with Crippen molar-refractivity contribution in [1.29, 1.82) is 0 Å². The third-order valence-electron chi connectivity index (χ3n) is 1.27. The molecule has 0 saturated heterocycles. The first-order valence-electron chi connectivity index (χ1n) is 2.76. The third-order valence-corrected chi connectivity index (χ3v) is 3.00. The lowest BCUT2D eigenvalue weighted by Crippen LogP contribution is -1.79. The van der Waals surface area contributed by atoms with E-state index in [0.29, 0.717) is 5.02 Å². The van der Waals surface area contributed by atoms with Gasteiger partial charge in [-0.25, -0.2) is 0 Å². The maximum atomic E-state index is 9.30. The van der Waals surface area contributed by atoms with Crippen molar-refractivity contribution in [3.8, 4) is 5.75 Å². The largest absolute Gasteiger partial charge is 0.507 e. The topological polar surface area (TPSA) is 20.2 Å². The van der Waals surface area contributed by atoms with Crippen LogP contribution in [0.4, 0.5) is 0 Å². The molecule has 0 bridgehead atoms. The van der Waals surface area contributed by atoms with Gasteiger partial charge < -0.3 is 5.11 Å². The van der Waals surface area contributed by atoms with Gasteiger partial charge in [0.1, 0.15) is 5.75 Å². The van der Waals surface area contributed by atoms with Gasteiger partial charge in [-0.2, -0.15) is 0 Å². The van der Waals surface area contributed by atoms with Crippen molar-refractivity contribution in [2.45, 2.75) is 6.92 Å². The summed E-state index contributed by atoms with van der Waals surface area (Å²) in [5.41, 5.74) is 0.855. The van der Waals surface area contributed by atoms with Crippen molar-refractivity contribution in [1.82, 2.24) is 0 Å². The lowest BCUT2D eigenvalue weighted by Gasteiger charge is -2.01. The molecule has 10 heavy (non-hydrogen) atoms. The van der Waals surface area contributed by atoms with Crippen LogP contribution in [0.3, 0.4) is 0 Å². The van der Waals surface area contributed by atoms with Crippen LogP contribution in [-0.4, -0.2) is 5.11 Å². The number of rotatable bonds is 0. The maximum Gasteiger partial charge on any atom is 0.133 e. The van der Waals surface area contributed by atoms with Crippen LogP contribution in [0.25, 0.3) is 0 Å². The molecule has 1 nitrogen and oxygen atoms in total. The fourth-order valence-electron chi connectivity index (χ4n) is 0.636. The molecule has 0 unspecified atom stereocenters. The van der Waals surface area contributed by atoms with Crippen molar-refractivity contribution >= 4 is 34.2 Å². The van der Waals surface area contributed by atoms with Crippen LogP contribution in [0, 0.1) is 10.5 Å². The van der Waals surface area contributed by atoms with E-state index in [9.17, 15) is 5.11 Å². The summed E-state index contributed by atoms with van der Waals surface area (Å²) < 4.78 is 0.722. The first-order valence-corrected chi connectivity index (χ1v) is 4.22. The van der Waals surface area contributed by atoms with E-state index >= 15 is 0 Å². The second-order valence-electron chi connectivity index (χ2n) is 2.03. The molecule has 0 amide bonds. The lowest BCUT2D eigenvalue weighted by molar-refractivity contribution is 0.467. The fraction of sp³-hybridized carbons (Fsp3) is 0.143. The lowest BCUT2D eigenvalue weighted by atomic mass is 10.2. The highest BCUT2D eigenvalue weighted by molar-refractivity contribution is 14.1. The predicted molar refractivity (Wildman–Crippen MR) is 50.6 cm³/mol. The average molecular weight is 268 g/mol. The number of phenolic OH excluding ortho intramolecular Hbond substituents is 1. The van der Waals surface area contributed by atoms with Gasteiger partial charge in [0.15, 0.2) is 0 Å². The highest BCUT2D eigenvalue weighted by atomic mass is 127. The third kappa shape index (κ3) is 1.37. The van der Waals surface area contributed by atoms with Crippen LogP contribution in [0.5, 0.6) is 5.75 Å². The van der Waals surface area contributed by atoms with Crippen LogP contribution < -0.4 is 0 Å². The molecule has 0 spiro atoms. The van der Waals surface area contributed by atoms with E-state index in [0.717, 1.165) is 9.13 Å². The molecular weight excluding hydrogens is 262 g/mol. The van der Waals surface area contributed by atoms with Gasteiger partial charge in [0.25, 0.3) is 0 Å². The summed E-state index contributed by atoms with van der Waals surface area (Å²) in [5.74, 6) is 0.285. The Balaban J connectivity index is 3.34. The zero-order valence-corrected chi connectivity index (χ0v) is 8.27. The van der Waals surface area contributed by atoms with Gasteiger partial charge in [-0.3, -0.25) is 0 Å². The summed E-state index contributed by atoms with van der Waals surface area (Å²) in [4.78, 5) is 0. The summed E-state index contributed by atoms with van der Waals surface area (Å²) in [6, 6.07) is 3.57. The molecule has 0 radical (unpaired) electrons. The van der Waals surface area contributed by atoms with Crippen LogP contribution in [0.2, 0.25) is 5.02 Å². The molecule has 1 aromatic rings. The van der Waals surface area contributed by atoms with Gasteiger partial charge in [0.2, 0.25) is 0 Å². The summed E-state index contributed by atoms with van der Waals surface area (Å²) in [6.45, 7) is 1.84. The van der Waals surface area contributed by atoms with Crippen LogP contribution in [-0.2, 0) is 0 Å². The van der Waals surface area contributed by atoms with Crippen molar-refractivity contribution in [3.63, 3.8) is 0 Å². The average Bonchev–Trinajstić information content (AvgIpc) is 1.93. The van der Waals surface area contributed by atoms with E-state index in [2.05, 4.69) is 0 Å². The number of aromatic hydroxyl groups is 1. The molecular formula is C7H6ClIO. The molecule has 0 saturated carbocycles. The van der Waals surface area contributed by atoms with Gasteiger partial charge in [-0.1, -0.05) is 17.7 Å². The van der Waals surface area contributed by atoms with Gasteiger partial charge in [-0.15, -0.1) is 0 Å². The molecule has 0 aromatic heterocycles. The quantitative estimate of drug-likeness (QED) is 0.717. The minimum Gasteiger partial charge on any atom is -0.507 e. The number of phenols is 1. The second kappa shape index (κ2) is 2.96. The molecule has 0 fully saturated rings. The molecule has 0 heterocycles.